The number of carbonyl (C=O) groups is 1. The fourth-order valence-corrected chi connectivity index (χ4v) is 3.89. The topological polar surface area (TPSA) is 52.6 Å². The number of aryl methyl sites for hydroxylation is 2. The number of hydrogen-bond acceptors (Lipinski definition) is 3. The zero-order valence-electron chi connectivity index (χ0n) is 21.8. The van der Waals surface area contributed by atoms with Crippen molar-refractivity contribution in [3.8, 4) is 0 Å². The molecule has 1 fully saturated rings. The summed E-state index contributed by atoms with van der Waals surface area (Å²) in [5.74, 6) is 1.35. The Labute approximate surface area is 212 Å². The average molecular weight is 500 g/mol. The molecule has 0 amide bonds. The summed E-state index contributed by atoms with van der Waals surface area (Å²) in [6, 6.07) is 4.32. The third kappa shape index (κ3) is 11.5. The van der Waals surface area contributed by atoms with Crippen molar-refractivity contribution in [1.82, 2.24) is 10.2 Å². The van der Waals surface area contributed by atoms with E-state index in [4.69, 9.17) is 33.1 Å². The lowest BCUT2D eigenvalue weighted by Crippen LogP contribution is -2.52. The van der Waals surface area contributed by atoms with Crippen molar-refractivity contribution < 1.29 is 9.90 Å². The van der Waals surface area contributed by atoms with Gasteiger partial charge in [0.25, 0.3) is 6.47 Å². The lowest BCUT2D eigenvalue weighted by atomic mass is 9.76. The molecule has 0 bridgehead atoms. The maximum atomic E-state index is 8.36. The highest BCUT2D eigenvalue weighted by Crippen LogP contribution is 2.33. The minimum absolute atomic E-state index is 0.250. The molecule has 1 aliphatic heterocycles. The Balaban J connectivity index is 0.00000189. The summed E-state index contributed by atoms with van der Waals surface area (Å²) in [6.45, 7) is 21.1. The molecule has 0 aromatic heterocycles. The van der Waals surface area contributed by atoms with Gasteiger partial charge in [0.15, 0.2) is 0 Å². The fourth-order valence-electron chi connectivity index (χ4n) is 3.62. The molecule has 6 heteroatoms. The second-order valence-electron chi connectivity index (χ2n) is 9.26. The Kier molecular flexibility index (Phi) is 15.5. The summed E-state index contributed by atoms with van der Waals surface area (Å²) in [6.07, 6.45) is 5.45. The van der Waals surface area contributed by atoms with Gasteiger partial charge in [-0.15, -0.1) is 11.6 Å². The van der Waals surface area contributed by atoms with Crippen LogP contribution in [0.15, 0.2) is 35.6 Å². The van der Waals surface area contributed by atoms with Crippen LogP contribution in [0.3, 0.4) is 0 Å². The van der Waals surface area contributed by atoms with Gasteiger partial charge in [-0.05, 0) is 59.9 Å². The first-order valence-electron chi connectivity index (χ1n) is 11.8. The molecule has 4 nitrogen and oxygen atoms in total. The van der Waals surface area contributed by atoms with Gasteiger partial charge in [-0.1, -0.05) is 71.4 Å². The highest BCUT2D eigenvalue weighted by atomic mass is 35.5. The molecule has 0 saturated carbocycles. The van der Waals surface area contributed by atoms with Crippen LogP contribution >= 0.6 is 23.2 Å². The lowest BCUT2D eigenvalue weighted by Gasteiger charge is -2.46. The number of allylic oxidation sites excluding steroid dienone is 2. The predicted molar refractivity (Wildman–Crippen MR) is 144 cm³/mol. The Hall–Kier alpha value is -1.49. The summed E-state index contributed by atoms with van der Waals surface area (Å²) in [4.78, 5) is 10.9. The summed E-state index contributed by atoms with van der Waals surface area (Å²) in [7, 11) is 0. The van der Waals surface area contributed by atoms with Crippen molar-refractivity contribution in [2.45, 2.75) is 68.4 Å². The number of nitrogens with one attached hydrogen (secondary N) is 1. The number of halogens is 2. The summed E-state index contributed by atoms with van der Waals surface area (Å²) in [5.41, 5.74) is 6.31. The van der Waals surface area contributed by atoms with Crippen molar-refractivity contribution >= 4 is 29.7 Å². The maximum absolute atomic E-state index is 8.36. The Morgan fingerprint density at radius 3 is 2.15 bits per heavy atom. The van der Waals surface area contributed by atoms with Crippen LogP contribution in [-0.4, -0.2) is 42.0 Å². The molecular weight excluding hydrogens is 455 g/mol. The van der Waals surface area contributed by atoms with Gasteiger partial charge in [0.1, 0.15) is 0 Å². The second-order valence-corrected chi connectivity index (χ2v) is 9.91. The van der Waals surface area contributed by atoms with Crippen LogP contribution in [0.5, 0.6) is 0 Å². The molecule has 0 aliphatic carbocycles. The van der Waals surface area contributed by atoms with Crippen LogP contribution in [0.2, 0.25) is 5.02 Å². The van der Waals surface area contributed by atoms with E-state index in [0.29, 0.717) is 11.3 Å². The average Bonchev–Trinajstić information content (AvgIpc) is 2.72. The number of carboxylic acid groups (broad SMARTS) is 1. The standard InChI is InChI=1S/C24H36Cl2N2.C2H6.CH2O2/c1-7-8-22(27-13-19-9-17(2)23(26)18(3)10-19)11-20(12-25)14-28-15-21(16-28)24(4,5)6;1-2;2-1-3/h8-11,21,27H,7,12-16H2,1-6H3;1-2H3;1H,(H,2,3)/b20-11+,22-8+;;. The molecule has 0 atom stereocenters. The third-order valence-electron chi connectivity index (χ3n) is 5.56. The Morgan fingerprint density at radius 1 is 1.21 bits per heavy atom. The van der Waals surface area contributed by atoms with Crippen molar-refractivity contribution in [2.75, 3.05) is 25.5 Å². The highest BCUT2D eigenvalue weighted by molar-refractivity contribution is 6.32. The molecule has 1 aromatic carbocycles. The summed E-state index contributed by atoms with van der Waals surface area (Å²) in [5, 5.41) is 11.3. The highest BCUT2D eigenvalue weighted by Gasteiger charge is 2.35. The van der Waals surface area contributed by atoms with E-state index < -0.39 is 0 Å². The first-order valence-corrected chi connectivity index (χ1v) is 12.7. The van der Waals surface area contributed by atoms with E-state index in [2.05, 4.69) is 76.0 Å². The number of hydrogen-bond donors (Lipinski definition) is 2. The molecule has 0 spiro atoms. The quantitative estimate of drug-likeness (QED) is 0.225. The number of nitrogens with zero attached hydrogens (tertiary/aromatic N) is 1. The first-order chi connectivity index (χ1) is 15.5. The number of likely N-dealkylation sites (tertiary alicyclic amines) is 1. The number of alkyl halides is 1. The van der Waals surface area contributed by atoms with Gasteiger partial charge in [-0.25, -0.2) is 0 Å². The van der Waals surface area contributed by atoms with E-state index in [1.165, 1.54) is 24.2 Å². The van der Waals surface area contributed by atoms with E-state index in [-0.39, 0.29) is 6.47 Å². The largest absolute Gasteiger partial charge is 0.483 e. The molecule has 188 valence electrons. The van der Waals surface area contributed by atoms with Gasteiger partial charge in [-0.2, -0.15) is 0 Å². The maximum Gasteiger partial charge on any atom is 0.290 e. The SMILES string of the molecule is CC.CC/C=C(\C=C(/CCl)CN1CC(C(C)(C)C)C1)NCc1cc(C)c(Cl)c(C)c1.O=CO. The van der Waals surface area contributed by atoms with E-state index in [1.807, 2.05) is 13.8 Å². The van der Waals surface area contributed by atoms with Crippen LogP contribution in [-0.2, 0) is 11.3 Å². The van der Waals surface area contributed by atoms with Gasteiger partial charge < -0.3 is 10.4 Å². The van der Waals surface area contributed by atoms with Crippen molar-refractivity contribution in [1.29, 1.82) is 0 Å². The smallest absolute Gasteiger partial charge is 0.290 e. The van der Waals surface area contributed by atoms with Crippen LogP contribution in [0.1, 0.15) is 64.7 Å². The van der Waals surface area contributed by atoms with Crippen molar-refractivity contribution in [2.24, 2.45) is 11.3 Å². The van der Waals surface area contributed by atoms with Crippen LogP contribution in [0, 0.1) is 25.2 Å². The summed E-state index contributed by atoms with van der Waals surface area (Å²) < 4.78 is 0. The van der Waals surface area contributed by atoms with Gasteiger partial charge in [0, 0.05) is 42.8 Å². The molecule has 2 N–H and O–H groups in total. The molecule has 0 unspecified atom stereocenters. The van der Waals surface area contributed by atoms with Gasteiger partial charge in [0.05, 0.1) is 0 Å². The zero-order valence-corrected chi connectivity index (χ0v) is 23.3. The minimum atomic E-state index is -0.250. The Morgan fingerprint density at radius 2 is 1.73 bits per heavy atom. The van der Waals surface area contributed by atoms with E-state index in [1.54, 1.807) is 0 Å². The van der Waals surface area contributed by atoms with Crippen LogP contribution in [0.25, 0.3) is 0 Å². The van der Waals surface area contributed by atoms with Gasteiger partial charge >= 0.3 is 0 Å². The molecule has 33 heavy (non-hydrogen) atoms. The van der Waals surface area contributed by atoms with E-state index in [0.717, 1.165) is 47.3 Å². The van der Waals surface area contributed by atoms with Crippen LogP contribution < -0.4 is 5.32 Å². The number of benzene rings is 1. The molecule has 1 aliphatic rings. The second kappa shape index (κ2) is 16.2. The molecule has 2 rings (SSSR count). The zero-order chi connectivity index (χ0) is 25.6. The molecule has 1 aromatic rings. The molecule has 1 saturated heterocycles. The number of rotatable bonds is 8. The molecular formula is C27H44Cl2N2O2. The van der Waals surface area contributed by atoms with Crippen molar-refractivity contribution in [3.05, 3.63) is 57.3 Å². The normalized spacial score (nSPS) is 15.0. The van der Waals surface area contributed by atoms with Crippen LogP contribution in [0.4, 0.5) is 0 Å². The Bertz CT molecular complexity index is 754. The van der Waals surface area contributed by atoms with Gasteiger partial charge in [-0.3, -0.25) is 9.69 Å². The van der Waals surface area contributed by atoms with E-state index in [9.17, 15) is 0 Å². The molecule has 1 heterocycles. The molecule has 0 radical (unpaired) electrons. The lowest BCUT2D eigenvalue weighted by molar-refractivity contribution is -0.122. The monoisotopic (exact) mass is 498 g/mol. The van der Waals surface area contributed by atoms with E-state index >= 15 is 0 Å². The predicted octanol–water partition coefficient (Wildman–Crippen LogP) is 7.21. The summed E-state index contributed by atoms with van der Waals surface area (Å²) >= 11 is 12.6. The third-order valence-corrected chi connectivity index (χ3v) is 6.50. The minimum Gasteiger partial charge on any atom is -0.483 e. The van der Waals surface area contributed by atoms with Crippen molar-refractivity contribution in [3.63, 3.8) is 0 Å². The first kappa shape index (κ1) is 31.5. The fraction of sp³-hybridized carbons (Fsp3) is 0.593. The van der Waals surface area contributed by atoms with Gasteiger partial charge in [0.2, 0.25) is 0 Å².